The lowest BCUT2D eigenvalue weighted by molar-refractivity contribution is -0.119. The number of carbonyl (C=O) groups is 1. The van der Waals surface area contributed by atoms with E-state index in [-0.39, 0.29) is 24.2 Å². The summed E-state index contributed by atoms with van der Waals surface area (Å²) in [5.74, 6) is 0.246. The average Bonchev–Trinajstić information content (AvgIpc) is 2.36. The van der Waals surface area contributed by atoms with Gasteiger partial charge in [0.15, 0.2) is 0 Å². The molecule has 1 aromatic rings. The van der Waals surface area contributed by atoms with Crippen molar-refractivity contribution in [2.75, 3.05) is 0 Å². The predicted molar refractivity (Wildman–Crippen MR) is 75.8 cm³/mol. The maximum atomic E-state index is 10.9. The number of aliphatic hydroxyl groups excluding tert-OH is 1. The van der Waals surface area contributed by atoms with Crippen molar-refractivity contribution in [3.63, 3.8) is 0 Å². The molecule has 0 aliphatic carbocycles. The van der Waals surface area contributed by atoms with Gasteiger partial charge in [0.05, 0.1) is 18.8 Å². The normalized spacial score (nSPS) is 15.8. The number of aliphatic hydroxyl groups is 1. The third-order valence-electron chi connectivity index (χ3n) is 3.32. The molecular formula is C16H24O3. The Hall–Kier alpha value is -1.19. The largest absolute Gasteiger partial charge is 0.393 e. The van der Waals surface area contributed by atoms with E-state index in [1.807, 2.05) is 44.2 Å². The molecule has 0 aliphatic heterocycles. The summed E-state index contributed by atoms with van der Waals surface area (Å²) in [4.78, 5) is 10.9. The van der Waals surface area contributed by atoms with Gasteiger partial charge >= 0.3 is 0 Å². The van der Waals surface area contributed by atoms with Crippen molar-refractivity contribution in [1.82, 2.24) is 0 Å². The molecular weight excluding hydrogens is 240 g/mol. The van der Waals surface area contributed by atoms with E-state index >= 15 is 0 Å². The third-order valence-corrected chi connectivity index (χ3v) is 3.32. The molecule has 0 amide bonds. The Bertz CT molecular complexity index is 375. The molecule has 1 unspecified atom stereocenters. The number of carbonyl (C=O) groups excluding carboxylic acids is 1. The minimum absolute atomic E-state index is 0.0255. The first-order chi connectivity index (χ1) is 8.99. The maximum Gasteiger partial charge on any atom is 0.132 e. The van der Waals surface area contributed by atoms with E-state index in [1.165, 1.54) is 6.92 Å². The van der Waals surface area contributed by atoms with Gasteiger partial charge < -0.3 is 9.84 Å². The lowest BCUT2D eigenvalue weighted by atomic mass is 9.96. The van der Waals surface area contributed by atoms with Gasteiger partial charge in [-0.2, -0.15) is 0 Å². The number of ketones is 1. The second-order valence-corrected chi connectivity index (χ2v) is 5.27. The third kappa shape index (κ3) is 6.50. The quantitative estimate of drug-likeness (QED) is 0.785. The number of ether oxygens (including phenoxy) is 1. The molecule has 1 rings (SSSR count). The maximum absolute atomic E-state index is 10.9. The van der Waals surface area contributed by atoms with E-state index in [9.17, 15) is 9.90 Å². The van der Waals surface area contributed by atoms with Crippen LogP contribution in [0, 0.1) is 5.92 Å². The number of hydrogen-bond donors (Lipinski definition) is 1. The molecule has 0 spiro atoms. The standard InChI is InChI=1S/C16H24O3/c1-12(9-16(18)10-13(2)17)14(3)19-11-15-7-5-4-6-8-15/h4-8,12,14,16,18H,9-11H2,1-3H3/t12-,14+,16?/m1/s1. The van der Waals surface area contributed by atoms with Crippen molar-refractivity contribution >= 4 is 5.78 Å². The number of rotatable bonds is 8. The highest BCUT2D eigenvalue weighted by molar-refractivity contribution is 5.75. The van der Waals surface area contributed by atoms with Crippen molar-refractivity contribution in [1.29, 1.82) is 0 Å². The van der Waals surface area contributed by atoms with Crippen LogP contribution in [-0.4, -0.2) is 23.1 Å². The van der Waals surface area contributed by atoms with Gasteiger partial charge in [-0.1, -0.05) is 37.3 Å². The summed E-state index contributed by atoms with van der Waals surface area (Å²) in [6.45, 7) is 6.13. The van der Waals surface area contributed by atoms with Crippen LogP contribution in [0.2, 0.25) is 0 Å². The molecule has 0 aliphatic rings. The summed E-state index contributed by atoms with van der Waals surface area (Å²) >= 11 is 0. The number of hydrogen-bond acceptors (Lipinski definition) is 3. The van der Waals surface area contributed by atoms with Crippen LogP contribution in [0.15, 0.2) is 30.3 Å². The van der Waals surface area contributed by atoms with Gasteiger partial charge in [-0.05, 0) is 31.7 Å². The second-order valence-electron chi connectivity index (χ2n) is 5.27. The van der Waals surface area contributed by atoms with E-state index in [0.717, 1.165) is 5.56 Å². The monoisotopic (exact) mass is 264 g/mol. The molecule has 0 heterocycles. The molecule has 3 atom stereocenters. The Morgan fingerprint density at radius 3 is 2.47 bits per heavy atom. The van der Waals surface area contributed by atoms with Crippen LogP contribution in [-0.2, 0) is 16.1 Å². The van der Waals surface area contributed by atoms with E-state index in [2.05, 4.69) is 0 Å². The molecule has 3 heteroatoms. The Morgan fingerprint density at radius 2 is 1.89 bits per heavy atom. The molecule has 0 radical (unpaired) electrons. The van der Waals surface area contributed by atoms with Crippen LogP contribution >= 0.6 is 0 Å². The minimum Gasteiger partial charge on any atom is -0.393 e. The van der Waals surface area contributed by atoms with Gasteiger partial charge in [-0.3, -0.25) is 4.79 Å². The molecule has 3 nitrogen and oxygen atoms in total. The highest BCUT2D eigenvalue weighted by Crippen LogP contribution is 2.17. The first-order valence-corrected chi connectivity index (χ1v) is 6.82. The van der Waals surface area contributed by atoms with Gasteiger partial charge in [-0.25, -0.2) is 0 Å². The fourth-order valence-electron chi connectivity index (χ4n) is 2.00. The highest BCUT2D eigenvalue weighted by Gasteiger charge is 2.18. The van der Waals surface area contributed by atoms with E-state index in [1.54, 1.807) is 0 Å². The van der Waals surface area contributed by atoms with Gasteiger partial charge in [0.25, 0.3) is 0 Å². The second kappa shape index (κ2) is 8.08. The van der Waals surface area contributed by atoms with Crippen molar-refractivity contribution in [2.24, 2.45) is 5.92 Å². The van der Waals surface area contributed by atoms with Crippen molar-refractivity contribution in [3.05, 3.63) is 35.9 Å². The SMILES string of the molecule is CC(=O)CC(O)C[C@@H](C)[C@H](C)OCc1ccccc1. The van der Waals surface area contributed by atoms with Crippen LogP contribution in [0.25, 0.3) is 0 Å². The highest BCUT2D eigenvalue weighted by atomic mass is 16.5. The summed E-state index contributed by atoms with van der Waals surface area (Å²) in [5.41, 5.74) is 1.14. The number of Topliss-reactive ketones (excluding diaryl/α,β-unsaturated/α-hetero) is 1. The molecule has 0 bridgehead atoms. The van der Waals surface area contributed by atoms with Crippen molar-refractivity contribution in [3.8, 4) is 0 Å². The number of benzene rings is 1. The van der Waals surface area contributed by atoms with E-state index < -0.39 is 6.10 Å². The molecule has 0 aromatic heterocycles. The van der Waals surface area contributed by atoms with Gasteiger partial charge in [0.1, 0.15) is 5.78 Å². The molecule has 0 saturated heterocycles. The van der Waals surface area contributed by atoms with Gasteiger partial charge in [0, 0.05) is 6.42 Å². The molecule has 0 fully saturated rings. The Balaban J connectivity index is 2.32. The Morgan fingerprint density at radius 1 is 1.26 bits per heavy atom. The summed E-state index contributed by atoms with van der Waals surface area (Å²) in [5, 5.41) is 9.75. The minimum atomic E-state index is -0.560. The first kappa shape index (κ1) is 15.9. The lowest BCUT2D eigenvalue weighted by Crippen LogP contribution is -2.24. The van der Waals surface area contributed by atoms with Crippen LogP contribution < -0.4 is 0 Å². The van der Waals surface area contributed by atoms with Crippen molar-refractivity contribution in [2.45, 2.75) is 52.4 Å². The first-order valence-electron chi connectivity index (χ1n) is 6.82. The zero-order valence-electron chi connectivity index (χ0n) is 12.0. The molecule has 1 N–H and O–H groups in total. The van der Waals surface area contributed by atoms with Gasteiger partial charge in [-0.15, -0.1) is 0 Å². The zero-order chi connectivity index (χ0) is 14.3. The summed E-state index contributed by atoms with van der Waals surface area (Å²) in [6, 6.07) is 10.0. The fraction of sp³-hybridized carbons (Fsp3) is 0.562. The lowest BCUT2D eigenvalue weighted by Gasteiger charge is -2.22. The summed E-state index contributed by atoms with van der Waals surface area (Å²) in [6.07, 6.45) is 0.322. The van der Waals surface area contributed by atoms with E-state index in [0.29, 0.717) is 13.0 Å². The molecule has 1 aromatic carbocycles. The molecule has 106 valence electrons. The smallest absolute Gasteiger partial charge is 0.132 e. The predicted octanol–water partition coefficient (Wildman–Crippen LogP) is 2.96. The van der Waals surface area contributed by atoms with Crippen LogP contribution in [0.5, 0.6) is 0 Å². The summed E-state index contributed by atoms with van der Waals surface area (Å²) < 4.78 is 5.80. The van der Waals surface area contributed by atoms with Gasteiger partial charge in [0.2, 0.25) is 0 Å². The topological polar surface area (TPSA) is 46.5 Å². The Kier molecular flexibility index (Phi) is 6.74. The fourth-order valence-corrected chi connectivity index (χ4v) is 2.00. The average molecular weight is 264 g/mol. The van der Waals surface area contributed by atoms with Crippen LogP contribution in [0.4, 0.5) is 0 Å². The zero-order valence-corrected chi connectivity index (χ0v) is 12.0. The van der Waals surface area contributed by atoms with Crippen LogP contribution in [0.3, 0.4) is 0 Å². The van der Waals surface area contributed by atoms with Crippen molar-refractivity contribution < 1.29 is 14.6 Å². The van der Waals surface area contributed by atoms with Crippen LogP contribution in [0.1, 0.15) is 39.2 Å². The van der Waals surface area contributed by atoms with E-state index in [4.69, 9.17) is 4.74 Å². The molecule has 0 saturated carbocycles. The summed E-state index contributed by atoms with van der Waals surface area (Å²) in [7, 11) is 0. The Labute approximate surface area is 115 Å². The molecule has 19 heavy (non-hydrogen) atoms.